The first kappa shape index (κ1) is 26.3. The van der Waals surface area contributed by atoms with Crippen molar-refractivity contribution in [2.75, 3.05) is 24.6 Å². The highest BCUT2D eigenvalue weighted by atomic mass is 127. The van der Waals surface area contributed by atoms with Crippen LogP contribution in [-0.4, -0.2) is 48.9 Å². The molecule has 0 radical (unpaired) electrons. The van der Waals surface area contributed by atoms with Crippen LogP contribution in [0.4, 0.5) is 5.82 Å². The zero-order chi connectivity index (χ0) is 27.5. The molecule has 1 saturated heterocycles. The molecule has 4 aromatic rings. The molecule has 10 heteroatoms. The normalized spacial score (nSPS) is 15.4. The number of ether oxygens (including phenoxy) is 1. The number of halogens is 1. The second-order valence-corrected chi connectivity index (χ2v) is 12.0. The number of rotatable bonds is 7. The quantitative estimate of drug-likeness (QED) is 0.293. The molecule has 2 aliphatic heterocycles. The zero-order valence-electron chi connectivity index (χ0n) is 21.7. The lowest BCUT2D eigenvalue weighted by Gasteiger charge is -2.31. The molecule has 0 aliphatic carbocycles. The van der Waals surface area contributed by atoms with E-state index in [1.807, 2.05) is 45.0 Å². The summed E-state index contributed by atoms with van der Waals surface area (Å²) in [6, 6.07) is 16.9. The SMILES string of the molecule is O=C(NCc1c(C2=IC=CO2)n(-c2ccccc2)c2ncccc2c1=O)c1ccc(N2CCC(CO)CC2)nc1. The van der Waals surface area contributed by atoms with Crippen LogP contribution in [0.3, 0.4) is 0 Å². The van der Waals surface area contributed by atoms with Gasteiger partial charge in [-0.25, -0.2) is 9.97 Å². The van der Waals surface area contributed by atoms with Gasteiger partial charge in [-0.15, -0.1) is 0 Å². The molecule has 5 heterocycles. The summed E-state index contributed by atoms with van der Waals surface area (Å²) in [4.78, 5) is 38.2. The largest absolute Gasteiger partial charge is 0.456 e. The van der Waals surface area contributed by atoms with Crippen molar-refractivity contribution in [3.63, 3.8) is 0 Å². The van der Waals surface area contributed by atoms with Crippen molar-refractivity contribution in [3.05, 3.63) is 104 Å². The van der Waals surface area contributed by atoms with Gasteiger partial charge in [0.25, 0.3) is 5.91 Å². The average molecular weight is 649 g/mol. The molecule has 0 unspecified atom stereocenters. The van der Waals surface area contributed by atoms with Crippen LogP contribution in [0.1, 0.15) is 34.5 Å². The summed E-state index contributed by atoms with van der Waals surface area (Å²) in [5, 5.41) is 12.8. The maximum absolute atomic E-state index is 13.8. The number of amides is 1. The lowest BCUT2D eigenvalue weighted by molar-refractivity contribution is 0.0950. The van der Waals surface area contributed by atoms with E-state index >= 15 is 0 Å². The molecule has 0 spiro atoms. The monoisotopic (exact) mass is 649 g/mol. The minimum atomic E-state index is -0.599. The molecule has 1 amide bonds. The van der Waals surface area contributed by atoms with Crippen molar-refractivity contribution in [1.82, 2.24) is 19.9 Å². The molecule has 1 fully saturated rings. The smallest absolute Gasteiger partial charge is 0.253 e. The maximum atomic E-state index is 13.8. The third kappa shape index (κ3) is 5.16. The Bertz CT molecular complexity index is 1660. The van der Waals surface area contributed by atoms with Gasteiger partial charge in [0.15, 0.2) is 9.12 Å². The van der Waals surface area contributed by atoms with E-state index in [0.29, 0.717) is 33.8 Å². The first-order valence-corrected chi connectivity index (χ1v) is 15.5. The Morgan fingerprint density at radius 1 is 1.07 bits per heavy atom. The molecular formula is C30H28IN5O4. The molecule has 9 nitrogen and oxygen atoms in total. The molecule has 1 aromatic carbocycles. The van der Waals surface area contributed by atoms with Crippen LogP contribution in [0.5, 0.6) is 0 Å². The van der Waals surface area contributed by atoms with E-state index in [4.69, 9.17) is 4.74 Å². The van der Waals surface area contributed by atoms with E-state index in [1.54, 1.807) is 36.9 Å². The van der Waals surface area contributed by atoms with Gasteiger partial charge in [0.05, 0.1) is 17.2 Å². The van der Waals surface area contributed by atoms with E-state index in [1.165, 1.54) is 0 Å². The number of aliphatic hydroxyl groups excluding tert-OH is 1. The number of para-hydroxylation sites is 1. The Balaban J connectivity index is 1.31. The number of pyridine rings is 3. The second kappa shape index (κ2) is 11.7. The van der Waals surface area contributed by atoms with Gasteiger partial charge in [-0.2, -0.15) is 0 Å². The highest BCUT2D eigenvalue weighted by Crippen LogP contribution is 2.27. The number of hydrogen-bond acceptors (Lipinski definition) is 7. The van der Waals surface area contributed by atoms with Gasteiger partial charge in [-0.05, 0) is 75.9 Å². The summed E-state index contributed by atoms with van der Waals surface area (Å²) in [5.74, 6) is 0.842. The number of benzene rings is 1. The number of nitrogens with zero attached hydrogens (tertiary/aromatic N) is 4. The fraction of sp³-hybridized carbons (Fsp3) is 0.233. The van der Waals surface area contributed by atoms with Crippen molar-refractivity contribution < 1.29 is 14.6 Å². The van der Waals surface area contributed by atoms with Crippen LogP contribution in [0.15, 0.2) is 82.1 Å². The summed E-state index contributed by atoms with van der Waals surface area (Å²) in [6.45, 7) is 1.90. The second-order valence-electron chi connectivity index (χ2n) is 9.67. The first-order valence-electron chi connectivity index (χ1n) is 13.1. The Kier molecular flexibility index (Phi) is 7.69. The van der Waals surface area contributed by atoms with Gasteiger partial charge in [0.2, 0.25) is 0 Å². The van der Waals surface area contributed by atoms with Crippen molar-refractivity contribution in [3.8, 4) is 5.69 Å². The lowest BCUT2D eigenvalue weighted by atomic mass is 9.98. The standard InChI is InChI=1S/C30H28IN5O4/c37-19-20-10-14-35(15-11-20)25-9-8-21(17-33-25)30(39)34-18-24-26(28-31-12-16-40-28)36(22-5-2-1-3-6-22)29-23(27(24)38)7-4-13-32-29/h1-9,12-13,16-17,20,37H,10-11,14-15,18-19H2,(H,34,39). The highest BCUT2D eigenvalue weighted by molar-refractivity contribution is 14.2. The predicted octanol–water partition coefficient (Wildman–Crippen LogP) is 3.87. The number of fused-ring (bicyclic) bond motifs is 1. The Morgan fingerprint density at radius 3 is 2.60 bits per heavy atom. The van der Waals surface area contributed by atoms with Crippen molar-refractivity contribution in [2.45, 2.75) is 19.4 Å². The summed E-state index contributed by atoms with van der Waals surface area (Å²) in [5.41, 5.74) is 2.72. The van der Waals surface area contributed by atoms with E-state index in [9.17, 15) is 14.7 Å². The third-order valence-corrected chi connectivity index (χ3v) is 9.23. The number of nitrogens with one attached hydrogen (secondary N) is 1. The van der Waals surface area contributed by atoms with Gasteiger partial charge >= 0.3 is 0 Å². The van der Waals surface area contributed by atoms with Crippen molar-refractivity contribution in [2.24, 2.45) is 5.92 Å². The van der Waals surface area contributed by atoms with Crippen LogP contribution < -0.4 is 15.6 Å². The van der Waals surface area contributed by atoms with E-state index in [2.05, 4.69) is 20.2 Å². The molecule has 3 aromatic heterocycles. The molecular weight excluding hydrogens is 621 g/mol. The number of aromatic nitrogens is 3. The van der Waals surface area contributed by atoms with Crippen molar-refractivity contribution >= 4 is 47.2 Å². The molecule has 2 N–H and O–H groups in total. The Morgan fingerprint density at radius 2 is 1.90 bits per heavy atom. The molecule has 0 bridgehead atoms. The minimum Gasteiger partial charge on any atom is -0.456 e. The number of anilines is 1. The average Bonchev–Trinajstić information content (AvgIpc) is 3.56. The number of carbonyl (C=O) groups excluding carboxylic acids is 1. The number of piperidine rings is 1. The van der Waals surface area contributed by atoms with Crippen LogP contribution in [0, 0.1) is 5.92 Å². The Hall–Kier alpha value is -3.90. The van der Waals surface area contributed by atoms with Crippen LogP contribution in [0.25, 0.3) is 16.7 Å². The van der Waals surface area contributed by atoms with Crippen LogP contribution in [0.2, 0.25) is 0 Å². The van der Waals surface area contributed by atoms with Crippen molar-refractivity contribution in [1.29, 1.82) is 0 Å². The maximum Gasteiger partial charge on any atom is 0.253 e. The summed E-state index contributed by atoms with van der Waals surface area (Å²) in [7, 11) is 0. The van der Waals surface area contributed by atoms with Gasteiger partial charge < -0.3 is 20.1 Å². The summed E-state index contributed by atoms with van der Waals surface area (Å²) < 4.78 is 10.6. The fourth-order valence-electron chi connectivity index (χ4n) is 5.09. The number of carbonyl (C=O) groups is 1. The number of hydrogen-bond donors (Lipinski definition) is 2. The predicted molar refractivity (Wildman–Crippen MR) is 163 cm³/mol. The summed E-state index contributed by atoms with van der Waals surface area (Å²) in [6.07, 6.45) is 6.74. The third-order valence-electron chi connectivity index (χ3n) is 7.24. The number of aliphatic hydroxyl groups is 1. The zero-order valence-corrected chi connectivity index (χ0v) is 23.8. The minimum absolute atomic E-state index is 0.0255. The molecule has 40 heavy (non-hydrogen) atoms. The topological polar surface area (TPSA) is 110 Å². The van der Waals surface area contributed by atoms with Gasteiger partial charge in [-0.3, -0.25) is 14.2 Å². The Labute approximate surface area is 240 Å². The summed E-state index contributed by atoms with van der Waals surface area (Å²) >= 11 is -0.599. The first-order chi connectivity index (χ1) is 19.6. The molecule has 0 saturated carbocycles. The lowest BCUT2D eigenvalue weighted by Crippen LogP contribution is -2.35. The van der Waals surface area contributed by atoms with Crippen LogP contribution >= 0.6 is 20.7 Å². The molecule has 6 rings (SSSR count). The van der Waals surface area contributed by atoms with Crippen LogP contribution in [-0.2, 0) is 11.3 Å². The fourth-order valence-corrected chi connectivity index (χ4v) is 6.86. The van der Waals surface area contributed by atoms with Gasteiger partial charge in [-0.1, -0.05) is 18.2 Å². The molecule has 2 aliphatic rings. The molecule has 0 atom stereocenters. The molecule has 204 valence electrons. The van der Waals surface area contributed by atoms with E-state index in [0.717, 1.165) is 41.1 Å². The van der Waals surface area contributed by atoms with E-state index in [-0.39, 0.29) is 24.5 Å². The van der Waals surface area contributed by atoms with E-state index < -0.39 is 20.7 Å². The van der Waals surface area contributed by atoms with Gasteiger partial charge in [0.1, 0.15) is 17.2 Å². The highest BCUT2D eigenvalue weighted by Gasteiger charge is 2.25. The van der Waals surface area contributed by atoms with Gasteiger partial charge in [0, 0.05) is 54.0 Å².